The van der Waals surface area contributed by atoms with E-state index in [1.807, 2.05) is 0 Å². The van der Waals surface area contributed by atoms with E-state index in [0.29, 0.717) is 37.2 Å². The summed E-state index contributed by atoms with van der Waals surface area (Å²) < 4.78 is 46.2. The average molecular weight is 435 g/mol. The molecule has 1 aliphatic carbocycles. The van der Waals surface area contributed by atoms with Crippen LogP contribution in [0, 0.1) is 5.82 Å². The summed E-state index contributed by atoms with van der Waals surface area (Å²) in [5.74, 6) is -0.331. The van der Waals surface area contributed by atoms with Crippen molar-refractivity contribution in [2.24, 2.45) is 0 Å². The molecule has 1 saturated carbocycles. The number of carbonyl (C=O) groups is 1. The van der Waals surface area contributed by atoms with Crippen LogP contribution in [0.15, 0.2) is 47.4 Å². The SMILES string of the molecule is CCN(CC)S(=O)(=O)c1ccc(OC)c(NC(=O)C2(c3cccc(F)c3)CCC2)c1. The maximum Gasteiger partial charge on any atom is 0.243 e. The van der Waals surface area contributed by atoms with Crippen molar-refractivity contribution in [2.75, 3.05) is 25.5 Å². The summed E-state index contributed by atoms with van der Waals surface area (Å²) in [5, 5.41) is 2.84. The molecule has 1 N–H and O–H groups in total. The summed E-state index contributed by atoms with van der Waals surface area (Å²) in [4.78, 5) is 13.3. The predicted molar refractivity (Wildman–Crippen MR) is 114 cm³/mol. The molecule has 0 aliphatic heterocycles. The van der Waals surface area contributed by atoms with Gasteiger partial charge in [-0.3, -0.25) is 4.79 Å². The lowest BCUT2D eigenvalue weighted by Gasteiger charge is -2.40. The molecule has 6 nitrogen and oxygen atoms in total. The minimum absolute atomic E-state index is 0.0794. The fourth-order valence-electron chi connectivity index (χ4n) is 3.86. The summed E-state index contributed by atoms with van der Waals surface area (Å²) in [5.41, 5.74) is 0.0662. The van der Waals surface area contributed by atoms with E-state index in [9.17, 15) is 17.6 Å². The highest BCUT2D eigenvalue weighted by atomic mass is 32.2. The summed E-state index contributed by atoms with van der Waals surface area (Å²) >= 11 is 0. The predicted octanol–water partition coefficient (Wildman–Crippen LogP) is 3.93. The van der Waals surface area contributed by atoms with E-state index in [2.05, 4.69) is 5.32 Å². The Hall–Kier alpha value is -2.45. The number of ether oxygens (including phenoxy) is 1. The van der Waals surface area contributed by atoms with Crippen LogP contribution in [0.2, 0.25) is 0 Å². The molecular formula is C22H27FN2O4S. The van der Waals surface area contributed by atoms with E-state index in [0.717, 1.165) is 6.42 Å². The zero-order valence-corrected chi connectivity index (χ0v) is 18.3. The van der Waals surface area contributed by atoms with Crippen LogP contribution in [0.1, 0.15) is 38.7 Å². The van der Waals surface area contributed by atoms with Gasteiger partial charge >= 0.3 is 0 Å². The summed E-state index contributed by atoms with van der Waals surface area (Å²) in [6, 6.07) is 10.5. The zero-order valence-electron chi connectivity index (χ0n) is 17.4. The first-order valence-electron chi connectivity index (χ1n) is 10.0. The van der Waals surface area contributed by atoms with E-state index >= 15 is 0 Å². The van der Waals surface area contributed by atoms with Crippen molar-refractivity contribution in [3.8, 4) is 5.75 Å². The van der Waals surface area contributed by atoms with Crippen molar-refractivity contribution >= 4 is 21.6 Å². The first-order valence-corrected chi connectivity index (χ1v) is 11.5. The number of methoxy groups -OCH3 is 1. The van der Waals surface area contributed by atoms with Crippen LogP contribution in [-0.4, -0.2) is 38.8 Å². The highest BCUT2D eigenvalue weighted by Gasteiger charge is 2.46. The Morgan fingerprint density at radius 3 is 2.40 bits per heavy atom. The lowest BCUT2D eigenvalue weighted by atomic mass is 9.63. The van der Waals surface area contributed by atoms with Crippen molar-refractivity contribution in [3.63, 3.8) is 0 Å². The van der Waals surface area contributed by atoms with Gasteiger partial charge in [-0.05, 0) is 48.7 Å². The zero-order chi connectivity index (χ0) is 21.9. The molecule has 162 valence electrons. The largest absolute Gasteiger partial charge is 0.495 e. The standard InChI is InChI=1S/C22H27FN2O4S/c1-4-25(5-2)30(27,28)18-10-11-20(29-3)19(15-18)24-21(26)22(12-7-13-22)16-8-6-9-17(23)14-16/h6,8-11,14-15H,4-5,7,12-13H2,1-3H3,(H,24,26). The summed E-state index contributed by atoms with van der Waals surface area (Å²) in [6.45, 7) is 4.23. The molecule has 0 atom stereocenters. The average Bonchev–Trinajstić information content (AvgIpc) is 2.68. The topological polar surface area (TPSA) is 75.7 Å². The molecule has 3 rings (SSSR count). The molecule has 0 spiro atoms. The molecule has 0 saturated heterocycles. The molecular weight excluding hydrogens is 407 g/mol. The van der Waals surface area contributed by atoms with Crippen LogP contribution in [0.3, 0.4) is 0 Å². The maximum absolute atomic E-state index is 13.8. The number of halogens is 1. The van der Waals surface area contributed by atoms with Gasteiger partial charge in [0.15, 0.2) is 0 Å². The smallest absolute Gasteiger partial charge is 0.243 e. The van der Waals surface area contributed by atoms with Crippen LogP contribution in [0.4, 0.5) is 10.1 Å². The number of nitrogens with one attached hydrogen (secondary N) is 1. The van der Waals surface area contributed by atoms with Crippen molar-refractivity contribution in [3.05, 3.63) is 53.8 Å². The monoisotopic (exact) mass is 434 g/mol. The molecule has 1 aliphatic rings. The fourth-order valence-corrected chi connectivity index (χ4v) is 5.35. The number of sulfonamides is 1. The lowest BCUT2D eigenvalue weighted by Crippen LogP contribution is -2.46. The van der Waals surface area contributed by atoms with Gasteiger partial charge in [0.25, 0.3) is 0 Å². The van der Waals surface area contributed by atoms with Crippen LogP contribution < -0.4 is 10.1 Å². The second-order valence-corrected chi connectivity index (χ2v) is 9.29. The van der Waals surface area contributed by atoms with Gasteiger partial charge < -0.3 is 10.1 Å². The summed E-state index contributed by atoms with van der Waals surface area (Å²) in [7, 11) is -2.24. The third-order valence-electron chi connectivity index (χ3n) is 5.78. The molecule has 8 heteroatoms. The Kier molecular flexibility index (Phi) is 6.47. The Bertz CT molecular complexity index is 1030. The highest BCUT2D eigenvalue weighted by Crippen LogP contribution is 2.45. The number of rotatable bonds is 8. The van der Waals surface area contributed by atoms with Crippen LogP contribution >= 0.6 is 0 Å². The van der Waals surface area contributed by atoms with Crippen LogP contribution in [0.25, 0.3) is 0 Å². The van der Waals surface area contributed by atoms with E-state index in [4.69, 9.17) is 4.74 Å². The minimum atomic E-state index is -3.69. The van der Waals surface area contributed by atoms with Gasteiger partial charge in [0.1, 0.15) is 11.6 Å². The van der Waals surface area contributed by atoms with E-state index in [1.165, 1.54) is 41.7 Å². The van der Waals surface area contributed by atoms with Crippen molar-refractivity contribution in [1.29, 1.82) is 0 Å². The van der Waals surface area contributed by atoms with Gasteiger partial charge in [-0.15, -0.1) is 0 Å². The second-order valence-electron chi connectivity index (χ2n) is 7.35. The third-order valence-corrected chi connectivity index (χ3v) is 7.83. The second kappa shape index (κ2) is 8.73. The number of nitrogens with zero attached hydrogens (tertiary/aromatic N) is 1. The number of hydrogen-bond donors (Lipinski definition) is 1. The molecule has 0 aromatic heterocycles. The molecule has 2 aromatic rings. The highest BCUT2D eigenvalue weighted by molar-refractivity contribution is 7.89. The Morgan fingerprint density at radius 2 is 1.87 bits per heavy atom. The Balaban J connectivity index is 1.96. The number of hydrogen-bond acceptors (Lipinski definition) is 4. The van der Waals surface area contributed by atoms with Crippen molar-refractivity contribution in [1.82, 2.24) is 4.31 Å². The molecule has 1 fully saturated rings. The Morgan fingerprint density at radius 1 is 1.17 bits per heavy atom. The number of anilines is 1. The number of amides is 1. The first kappa shape index (κ1) is 22.2. The molecule has 0 unspecified atom stereocenters. The fraction of sp³-hybridized carbons (Fsp3) is 0.409. The molecule has 0 bridgehead atoms. The van der Waals surface area contributed by atoms with Crippen molar-refractivity contribution in [2.45, 2.75) is 43.4 Å². The van der Waals surface area contributed by atoms with E-state index in [-0.39, 0.29) is 16.5 Å². The molecule has 2 aromatic carbocycles. The van der Waals surface area contributed by atoms with Gasteiger partial charge in [0.2, 0.25) is 15.9 Å². The molecule has 1 amide bonds. The number of benzene rings is 2. The lowest BCUT2D eigenvalue weighted by molar-refractivity contribution is -0.124. The van der Waals surface area contributed by atoms with E-state index < -0.39 is 21.3 Å². The summed E-state index contributed by atoms with van der Waals surface area (Å²) in [6.07, 6.45) is 2.06. The van der Waals surface area contributed by atoms with E-state index in [1.54, 1.807) is 26.0 Å². The molecule has 30 heavy (non-hydrogen) atoms. The van der Waals surface area contributed by atoms with Gasteiger partial charge in [0.05, 0.1) is 23.1 Å². The first-order chi connectivity index (χ1) is 14.3. The number of carbonyl (C=O) groups excluding carboxylic acids is 1. The third kappa shape index (κ3) is 3.94. The minimum Gasteiger partial charge on any atom is -0.495 e. The van der Waals surface area contributed by atoms with Gasteiger partial charge in [0, 0.05) is 13.1 Å². The van der Waals surface area contributed by atoms with Crippen LogP contribution in [0.5, 0.6) is 5.75 Å². The normalized spacial score (nSPS) is 15.5. The quantitative estimate of drug-likeness (QED) is 0.683. The van der Waals surface area contributed by atoms with Crippen LogP contribution in [-0.2, 0) is 20.2 Å². The van der Waals surface area contributed by atoms with Gasteiger partial charge in [-0.25, -0.2) is 12.8 Å². The maximum atomic E-state index is 13.8. The van der Waals surface area contributed by atoms with Gasteiger partial charge in [-0.2, -0.15) is 4.31 Å². The molecule has 0 radical (unpaired) electrons. The Labute approximate surface area is 177 Å². The molecule has 0 heterocycles. The van der Waals surface area contributed by atoms with Crippen molar-refractivity contribution < 1.29 is 22.3 Å². The van der Waals surface area contributed by atoms with Gasteiger partial charge in [-0.1, -0.05) is 32.4 Å².